The number of nitrogens with zero attached hydrogens (tertiary/aromatic N) is 2. The standard InChI is InChI=1S/C18H13FN2OS2/c1-12-6-8-13(9-7-12)10-16-17(22)21(18(23)24-16)20-11-14-4-2-3-5-15(14)19/h2-11H,1H3/b16-10+,20-11+. The molecule has 1 aliphatic rings. The molecule has 1 fully saturated rings. The third-order valence-electron chi connectivity index (χ3n) is 3.37. The summed E-state index contributed by atoms with van der Waals surface area (Å²) in [6.45, 7) is 2.00. The van der Waals surface area contributed by atoms with Gasteiger partial charge in [0.25, 0.3) is 5.91 Å². The van der Waals surface area contributed by atoms with E-state index >= 15 is 0 Å². The molecule has 0 bridgehead atoms. The summed E-state index contributed by atoms with van der Waals surface area (Å²) in [6.07, 6.45) is 3.08. The van der Waals surface area contributed by atoms with E-state index < -0.39 is 5.82 Å². The third kappa shape index (κ3) is 3.60. The van der Waals surface area contributed by atoms with Gasteiger partial charge in [0.2, 0.25) is 0 Å². The van der Waals surface area contributed by atoms with Crippen LogP contribution < -0.4 is 0 Å². The second-order valence-electron chi connectivity index (χ2n) is 5.17. The number of hydrazone groups is 1. The average molecular weight is 356 g/mol. The largest absolute Gasteiger partial charge is 0.286 e. The van der Waals surface area contributed by atoms with Gasteiger partial charge in [-0.2, -0.15) is 10.1 Å². The minimum absolute atomic E-state index is 0.300. The summed E-state index contributed by atoms with van der Waals surface area (Å²) in [5.41, 5.74) is 2.36. The van der Waals surface area contributed by atoms with Gasteiger partial charge in [0, 0.05) is 5.56 Å². The van der Waals surface area contributed by atoms with E-state index in [9.17, 15) is 9.18 Å². The molecule has 1 heterocycles. The van der Waals surface area contributed by atoms with Crippen LogP contribution in [0, 0.1) is 12.7 Å². The van der Waals surface area contributed by atoms with Gasteiger partial charge in [-0.1, -0.05) is 59.8 Å². The van der Waals surface area contributed by atoms with Crippen molar-refractivity contribution in [2.24, 2.45) is 5.10 Å². The fraction of sp³-hybridized carbons (Fsp3) is 0.0556. The van der Waals surface area contributed by atoms with Gasteiger partial charge in [0.15, 0.2) is 4.32 Å². The lowest BCUT2D eigenvalue weighted by atomic mass is 10.1. The van der Waals surface area contributed by atoms with E-state index in [-0.39, 0.29) is 5.91 Å². The fourth-order valence-electron chi connectivity index (χ4n) is 2.07. The molecular weight excluding hydrogens is 343 g/mol. The Kier molecular flexibility index (Phi) is 4.87. The molecule has 0 N–H and O–H groups in total. The van der Waals surface area contributed by atoms with Gasteiger partial charge in [-0.15, -0.1) is 0 Å². The van der Waals surface area contributed by atoms with E-state index in [1.54, 1.807) is 24.3 Å². The van der Waals surface area contributed by atoms with Crippen LogP contribution in [0.15, 0.2) is 58.5 Å². The maximum atomic E-state index is 13.6. The Balaban J connectivity index is 1.82. The first-order valence-electron chi connectivity index (χ1n) is 7.18. The minimum atomic E-state index is -0.401. The molecule has 2 aromatic carbocycles. The molecule has 6 heteroatoms. The van der Waals surface area contributed by atoms with E-state index in [2.05, 4.69) is 5.10 Å². The van der Waals surface area contributed by atoms with Crippen molar-refractivity contribution in [3.8, 4) is 0 Å². The van der Waals surface area contributed by atoms with Crippen LogP contribution in [0.1, 0.15) is 16.7 Å². The van der Waals surface area contributed by atoms with Crippen LogP contribution in [0.2, 0.25) is 0 Å². The van der Waals surface area contributed by atoms with Crippen molar-refractivity contribution in [3.63, 3.8) is 0 Å². The van der Waals surface area contributed by atoms with E-state index in [0.29, 0.717) is 14.8 Å². The number of hydrogen-bond acceptors (Lipinski definition) is 4. The Hall–Kier alpha value is -2.31. The summed E-state index contributed by atoms with van der Waals surface area (Å²) in [5.74, 6) is -0.708. The smallest absolute Gasteiger partial charge is 0.266 e. The Bertz CT molecular complexity index is 860. The second-order valence-corrected chi connectivity index (χ2v) is 6.85. The lowest BCUT2D eigenvalue weighted by molar-refractivity contribution is -0.122. The molecule has 0 atom stereocenters. The van der Waals surface area contributed by atoms with Gasteiger partial charge in [-0.05, 0) is 36.8 Å². The molecule has 1 amide bonds. The van der Waals surface area contributed by atoms with Crippen LogP contribution in [0.25, 0.3) is 6.08 Å². The summed E-state index contributed by atoms with van der Waals surface area (Å²) >= 11 is 6.38. The molecular formula is C18H13FN2OS2. The van der Waals surface area contributed by atoms with Gasteiger partial charge in [-0.25, -0.2) is 4.39 Å². The highest BCUT2D eigenvalue weighted by molar-refractivity contribution is 8.26. The summed E-state index contributed by atoms with van der Waals surface area (Å²) in [4.78, 5) is 12.9. The summed E-state index contributed by atoms with van der Waals surface area (Å²) in [7, 11) is 0. The van der Waals surface area contributed by atoms with Crippen molar-refractivity contribution in [2.75, 3.05) is 0 Å². The van der Waals surface area contributed by atoms with Crippen LogP contribution in [0.3, 0.4) is 0 Å². The molecule has 0 spiro atoms. The van der Waals surface area contributed by atoms with E-state index in [1.165, 1.54) is 24.0 Å². The number of carbonyl (C=O) groups excluding carboxylic acids is 1. The highest BCUT2D eigenvalue weighted by Crippen LogP contribution is 2.32. The number of benzene rings is 2. The average Bonchev–Trinajstić information content (AvgIpc) is 2.83. The van der Waals surface area contributed by atoms with Gasteiger partial charge in [0.1, 0.15) is 5.82 Å². The zero-order valence-corrected chi connectivity index (χ0v) is 14.4. The SMILES string of the molecule is Cc1ccc(/C=C2/SC(=S)N(/N=C/c3ccccc3F)C2=O)cc1. The number of halogens is 1. The van der Waals surface area contributed by atoms with Crippen LogP contribution in [-0.2, 0) is 4.79 Å². The lowest BCUT2D eigenvalue weighted by Gasteiger charge is -2.06. The molecule has 0 radical (unpaired) electrons. The van der Waals surface area contributed by atoms with E-state index in [0.717, 1.165) is 16.1 Å². The van der Waals surface area contributed by atoms with Gasteiger partial charge < -0.3 is 0 Å². The number of carbonyl (C=O) groups is 1. The molecule has 1 saturated heterocycles. The van der Waals surface area contributed by atoms with Crippen LogP contribution in [-0.4, -0.2) is 21.5 Å². The van der Waals surface area contributed by atoms with Crippen LogP contribution in [0.4, 0.5) is 4.39 Å². The van der Waals surface area contributed by atoms with Crippen molar-refractivity contribution in [3.05, 3.63) is 75.9 Å². The van der Waals surface area contributed by atoms with Crippen molar-refractivity contribution >= 4 is 46.5 Å². The number of amides is 1. The quantitative estimate of drug-likeness (QED) is 0.465. The van der Waals surface area contributed by atoms with Crippen molar-refractivity contribution in [1.82, 2.24) is 5.01 Å². The zero-order valence-electron chi connectivity index (χ0n) is 12.8. The van der Waals surface area contributed by atoms with Crippen LogP contribution in [0.5, 0.6) is 0 Å². The Morgan fingerprint density at radius 3 is 2.58 bits per heavy atom. The number of aryl methyl sites for hydroxylation is 1. The minimum Gasteiger partial charge on any atom is -0.266 e. The van der Waals surface area contributed by atoms with Crippen molar-refractivity contribution in [1.29, 1.82) is 0 Å². The number of hydrogen-bond donors (Lipinski definition) is 0. The molecule has 0 saturated carbocycles. The van der Waals surface area contributed by atoms with Gasteiger partial charge >= 0.3 is 0 Å². The maximum Gasteiger partial charge on any atom is 0.286 e. The Morgan fingerprint density at radius 2 is 1.88 bits per heavy atom. The van der Waals surface area contributed by atoms with Gasteiger partial charge in [0.05, 0.1) is 11.1 Å². The first-order valence-corrected chi connectivity index (χ1v) is 8.40. The van der Waals surface area contributed by atoms with E-state index in [1.807, 2.05) is 31.2 Å². The Labute approximate surface area is 148 Å². The molecule has 3 rings (SSSR count). The maximum absolute atomic E-state index is 13.6. The van der Waals surface area contributed by atoms with Crippen molar-refractivity contribution in [2.45, 2.75) is 6.92 Å². The first-order chi connectivity index (χ1) is 11.5. The molecule has 2 aromatic rings. The lowest BCUT2D eigenvalue weighted by Crippen LogP contribution is -2.22. The van der Waals surface area contributed by atoms with E-state index in [4.69, 9.17) is 12.2 Å². The second kappa shape index (κ2) is 7.07. The molecule has 0 aromatic heterocycles. The number of rotatable bonds is 3. The fourth-order valence-corrected chi connectivity index (χ4v) is 3.25. The molecule has 3 nitrogen and oxygen atoms in total. The monoisotopic (exact) mass is 356 g/mol. The topological polar surface area (TPSA) is 32.7 Å². The first kappa shape index (κ1) is 16.5. The highest BCUT2D eigenvalue weighted by atomic mass is 32.2. The molecule has 24 heavy (non-hydrogen) atoms. The summed E-state index contributed by atoms with van der Waals surface area (Å²) in [6, 6.07) is 14.0. The van der Waals surface area contributed by atoms with Gasteiger partial charge in [-0.3, -0.25) is 4.79 Å². The third-order valence-corrected chi connectivity index (χ3v) is 4.65. The Morgan fingerprint density at radius 1 is 1.17 bits per heavy atom. The normalized spacial score (nSPS) is 16.6. The van der Waals surface area contributed by atoms with Crippen molar-refractivity contribution < 1.29 is 9.18 Å². The number of thiocarbonyl (C=S) groups is 1. The number of thioether (sulfide) groups is 1. The predicted molar refractivity (Wildman–Crippen MR) is 100 cm³/mol. The molecule has 0 unspecified atom stereocenters. The van der Waals surface area contributed by atoms with Crippen LogP contribution >= 0.6 is 24.0 Å². The molecule has 0 aliphatic carbocycles. The predicted octanol–water partition coefficient (Wildman–Crippen LogP) is 4.37. The summed E-state index contributed by atoms with van der Waals surface area (Å²) in [5, 5.41) is 5.16. The zero-order chi connectivity index (χ0) is 17.1. The molecule has 120 valence electrons. The highest BCUT2D eigenvalue weighted by Gasteiger charge is 2.32. The molecule has 1 aliphatic heterocycles. The summed E-state index contributed by atoms with van der Waals surface area (Å²) < 4.78 is 13.9.